The molecule has 0 fully saturated rings. The van der Waals surface area contributed by atoms with Gasteiger partial charge < -0.3 is 20.1 Å². The summed E-state index contributed by atoms with van der Waals surface area (Å²) in [5.74, 6) is 3.36. The molecule has 1 heterocycles. The fraction of sp³-hybridized carbons (Fsp3) is 0.400. The first-order chi connectivity index (χ1) is 12.6. The molecule has 0 amide bonds. The third-order valence-electron chi connectivity index (χ3n) is 3.50. The number of nitrogens with one attached hydrogen (secondary N) is 2. The van der Waals surface area contributed by atoms with E-state index in [-0.39, 0.29) is 24.0 Å². The second-order valence-corrected chi connectivity index (χ2v) is 6.26. The van der Waals surface area contributed by atoms with Crippen molar-refractivity contribution in [3.05, 3.63) is 48.2 Å². The summed E-state index contributed by atoms with van der Waals surface area (Å²) >= 11 is 0. The van der Waals surface area contributed by atoms with Crippen molar-refractivity contribution < 1.29 is 9.47 Å². The highest BCUT2D eigenvalue weighted by Gasteiger charge is 2.02. The number of pyridine rings is 1. The van der Waals surface area contributed by atoms with E-state index in [4.69, 9.17) is 9.47 Å². The highest BCUT2D eigenvalue weighted by Crippen LogP contribution is 2.23. The van der Waals surface area contributed by atoms with Gasteiger partial charge in [-0.2, -0.15) is 0 Å². The molecule has 1 aromatic heterocycles. The average Bonchev–Trinajstić information content (AvgIpc) is 2.65. The Morgan fingerprint density at radius 3 is 2.56 bits per heavy atom. The Labute approximate surface area is 178 Å². The lowest BCUT2D eigenvalue weighted by atomic mass is 10.2. The first kappa shape index (κ1) is 23.0. The topological polar surface area (TPSA) is 67.8 Å². The molecule has 2 N–H and O–H groups in total. The number of hydrogen-bond donors (Lipinski definition) is 2. The van der Waals surface area contributed by atoms with E-state index < -0.39 is 0 Å². The fourth-order valence-electron chi connectivity index (χ4n) is 2.16. The zero-order chi connectivity index (χ0) is 18.8. The third kappa shape index (κ3) is 8.47. The standard InChI is InChI=1S/C20H28N4O2.HI/c1-5-21-20(23-12-15(2)3)24-14-16-9-10-19(22-13-16)26-18-8-6-7-17(11-18)25-4;/h6-11,13,15H,5,12,14H2,1-4H3,(H2,21,23,24);1H. The molecular weight excluding hydrogens is 455 g/mol. The van der Waals surface area contributed by atoms with Gasteiger partial charge in [-0.15, -0.1) is 24.0 Å². The number of halogens is 1. The number of rotatable bonds is 8. The Kier molecular flexibility index (Phi) is 10.5. The van der Waals surface area contributed by atoms with E-state index in [1.165, 1.54) is 0 Å². The fourth-order valence-corrected chi connectivity index (χ4v) is 2.16. The number of aromatic nitrogens is 1. The molecule has 0 atom stereocenters. The van der Waals surface area contributed by atoms with E-state index in [0.29, 0.717) is 24.1 Å². The third-order valence-corrected chi connectivity index (χ3v) is 3.50. The molecule has 0 aliphatic heterocycles. The molecule has 0 unspecified atom stereocenters. The van der Waals surface area contributed by atoms with Crippen LogP contribution >= 0.6 is 24.0 Å². The molecule has 1 aromatic carbocycles. The van der Waals surface area contributed by atoms with Gasteiger partial charge in [0.1, 0.15) is 11.5 Å². The van der Waals surface area contributed by atoms with Crippen molar-refractivity contribution >= 4 is 29.9 Å². The van der Waals surface area contributed by atoms with Gasteiger partial charge in [0.2, 0.25) is 5.88 Å². The summed E-state index contributed by atoms with van der Waals surface area (Å²) in [6.07, 6.45) is 1.78. The van der Waals surface area contributed by atoms with Gasteiger partial charge in [-0.05, 0) is 30.5 Å². The van der Waals surface area contributed by atoms with E-state index in [0.717, 1.165) is 30.4 Å². The van der Waals surface area contributed by atoms with Crippen LogP contribution in [0, 0.1) is 5.92 Å². The first-order valence-electron chi connectivity index (χ1n) is 8.89. The summed E-state index contributed by atoms with van der Waals surface area (Å²) in [6.45, 7) is 8.66. The smallest absolute Gasteiger partial charge is 0.219 e. The van der Waals surface area contributed by atoms with Crippen LogP contribution in [0.4, 0.5) is 0 Å². The maximum Gasteiger partial charge on any atom is 0.219 e. The van der Waals surface area contributed by atoms with E-state index in [9.17, 15) is 0 Å². The molecule has 6 nitrogen and oxygen atoms in total. The molecule has 0 bridgehead atoms. The molecule has 0 spiro atoms. The van der Waals surface area contributed by atoms with Gasteiger partial charge in [-0.25, -0.2) is 9.98 Å². The van der Waals surface area contributed by atoms with Gasteiger partial charge in [-0.3, -0.25) is 0 Å². The average molecular weight is 484 g/mol. The van der Waals surface area contributed by atoms with Crippen molar-refractivity contribution in [2.75, 3.05) is 20.2 Å². The summed E-state index contributed by atoms with van der Waals surface area (Å²) < 4.78 is 10.9. The van der Waals surface area contributed by atoms with Crippen LogP contribution in [0.1, 0.15) is 26.3 Å². The van der Waals surface area contributed by atoms with E-state index in [1.807, 2.05) is 36.4 Å². The largest absolute Gasteiger partial charge is 0.497 e. The van der Waals surface area contributed by atoms with Gasteiger partial charge in [-0.1, -0.05) is 26.0 Å². The molecule has 2 aromatic rings. The van der Waals surface area contributed by atoms with Crippen molar-refractivity contribution in [3.8, 4) is 17.4 Å². The summed E-state index contributed by atoms with van der Waals surface area (Å²) in [6, 6.07) is 11.3. The van der Waals surface area contributed by atoms with Crippen LogP contribution in [-0.2, 0) is 6.54 Å². The molecule has 0 saturated heterocycles. The number of guanidine groups is 1. The minimum atomic E-state index is 0. The Morgan fingerprint density at radius 1 is 1.15 bits per heavy atom. The maximum atomic E-state index is 5.75. The normalized spacial score (nSPS) is 10.9. The molecule has 27 heavy (non-hydrogen) atoms. The molecule has 7 heteroatoms. The first-order valence-corrected chi connectivity index (χ1v) is 8.89. The number of aliphatic imine (C=N–C) groups is 1. The van der Waals surface area contributed by atoms with Crippen LogP contribution < -0.4 is 20.1 Å². The quantitative estimate of drug-likeness (QED) is 0.334. The lowest BCUT2D eigenvalue weighted by Gasteiger charge is -2.13. The van der Waals surface area contributed by atoms with Crippen molar-refractivity contribution in [3.63, 3.8) is 0 Å². The summed E-state index contributed by atoms with van der Waals surface area (Å²) in [5, 5.41) is 6.57. The van der Waals surface area contributed by atoms with Crippen molar-refractivity contribution in [2.24, 2.45) is 10.9 Å². The minimum Gasteiger partial charge on any atom is -0.497 e. The number of methoxy groups -OCH3 is 1. The van der Waals surface area contributed by atoms with Crippen LogP contribution in [0.15, 0.2) is 47.6 Å². The minimum absolute atomic E-state index is 0. The number of ether oxygens (including phenoxy) is 2. The SMILES string of the molecule is CCNC(=NCc1ccc(Oc2cccc(OC)c2)nc1)NCC(C)C.I. The van der Waals surface area contributed by atoms with Gasteiger partial charge in [0.25, 0.3) is 0 Å². The maximum absolute atomic E-state index is 5.75. The molecule has 0 saturated carbocycles. The predicted molar refractivity (Wildman–Crippen MR) is 120 cm³/mol. The molecule has 0 radical (unpaired) electrons. The lowest BCUT2D eigenvalue weighted by molar-refractivity contribution is 0.407. The van der Waals surface area contributed by atoms with Gasteiger partial charge in [0, 0.05) is 31.4 Å². The van der Waals surface area contributed by atoms with E-state index in [2.05, 4.69) is 41.4 Å². The molecule has 2 rings (SSSR count). The summed E-state index contributed by atoms with van der Waals surface area (Å²) in [5.41, 5.74) is 1.02. The van der Waals surface area contributed by atoms with Crippen LogP contribution in [0.2, 0.25) is 0 Å². The second-order valence-electron chi connectivity index (χ2n) is 6.26. The van der Waals surface area contributed by atoms with E-state index >= 15 is 0 Å². The van der Waals surface area contributed by atoms with Crippen molar-refractivity contribution in [1.29, 1.82) is 0 Å². The predicted octanol–water partition coefficient (Wildman–Crippen LogP) is 4.21. The molecular formula is C20H29IN4O2. The zero-order valence-corrected chi connectivity index (χ0v) is 18.7. The van der Waals surface area contributed by atoms with E-state index in [1.54, 1.807) is 13.3 Å². The lowest BCUT2D eigenvalue weighted by Crippen LogP contribution is -2.39. The van der Waals surface area contributed by atoms with Crippen LogP contribution in [0.3, 0.4) is 0 Å². The van der Waals surface area contributed by atoms with Crippen LogP contribution in [-0.4, -0.2) is 31.1 Å². The van der Waals surface area contributed by atoms with Gasteiger partial charge >= 0.3 is 0 Å². The van der Waals surface area contributed by atoms with Gasteiger partial charge in [0.05, 0.1) is 13.7 Å². The summed E-state index contributed by atoms with van der Waals surface area (Å²) in [7, 11) is 1.63. The summed E-state index contributed by atoms with van der Waals surface area (Å²) in [4.78, 5) is 8.94. The van der Waals surface area contributed by atoms with Crippen molar-refractivity contribution in [2.45, 2.75) is 27.3 Å². The Morgan fingerprint density at radius 2 is 1.93 bits per heavy atom. The number of benzene rings is 1. The molecule has 0 aliphatic rings. The second kappa shape index (κ2) is 12.4. The van der Waals surface area contributed by atoms with Crippen LogP contribution in [0.25, 0.3) is 0 Å². The Bertz CT molecular complexity index is 705. The molecule has 148 valence electrons. The van der Waals surface area contributed by atoms with Crippen LogP contribution in [0.5, 0.6) is 17.4 Å². The molecule has 0 aliphatic carbocycles. The van der Waals surface area contributed by atoms with Gasteiger partial charge in [0.15, 0.2) is 5.96 Å². The Hall–Kier alpha value is -2.03. The number of hydrogen-bond acceptors (Lipinski definition) is 4. The highest BCUT2D eigenvalue weighted by atomic mass is 127. The highest BCUT2D eigenvalue weighted by molar-refractivity contribution is 14.0. The van der Waals surface area contributed by atoms with Crippen molar-refractivity contribution in [1.82, 2.24) is 15.6 Å². The number of nitrogens with zero attached hydrogens (tertiary/aromatic N) is 2. The monoisotopic (exact) mass is 484 g/mol. The zero-order valence-electron chi connectivity index (χ0n) is 16.4. The Balaban J connectivity index is 0.00000364.